The molecule has 3 aromatic heterocycles. The summed E-state index contributed by atoms with van der Waals surface area (Å²) in [5, 5.41) is 14.5. The molecule has 0 aliphatic heterocycles. The molecule has 0 atom stereocenters. The van der Waals surface area contributed by atoms with Gasteiger partial charge in [0.05, 0.1) is 32.0 Å². The summed E-state index contributed by atoms with van der Waals surface area (Å²) in [6.07, 6.45) is 0. The molecular formula is C18H16N4O5S2. The van der Waals surface area contributed by atoms with Crippen LogP contribution in [0.1, 0.15) is 5.82 Å². The van der Waals surface area contributed by atoms with Crippen molar-refractivity contribution < 1.29 is 23.2 Å². The van der Waals surface area contributed by atoms with Crippen LogP contribution in [0.2, 0.25) is 0 Å². The molecule has 9 nitrogen and oxygen atoms in total. The van der Waals surface area contributed by atoms with E-state index in [0.29, 0.717) is 51.4 Å². The van der Waals surface area contributed by atoms with E-state index in [1.54, 1.807) is 33.5 Å². The van der Waals surface area contributed by atoms with E-state index in [-0.39, 0.29) is 0 Å². The average molecular weight is 432 g/mol. The third kappa shape index (κ3) is 4.05. The fraction of sp³-hybridized carbons (Fsp3) is 0.222. The number of nitrogens with zero attached hydrogens (tertiary/aromatic N) is 4. The van der Waals surface area contributed by atoms with Gasteiger partial charge in [0.1, 0.15) is 0 Å². The van der Waals surface area contributed by atoms with Crippen LogP contribution in [0.5, 0.6) is 17.2 Å². The number of thioether (sulfide) groups is 1. The van der Waals surface area contributed by atoms with Crippen molar-refractivity contribution in [3.63, 3.8) is 0 Å². The SMILES string of the molecule is COc1cc(-c2nnc(SCc3noc(-c4cccs4)n3)o2)cc(OC)c1OC. The van der Waals surface area contributed by atoms with E-state index in [1.165, 1.54) is 23.1 Å². The second kappa shape index (κ2) is 8.53. The standard InChI is InChI=1S/C18H16N4O5S2/c1-23-11-7-10(8-12(24-2)15(11)25-3)16-20-21-18(26-16)29-9-14-19-17(27-22-14)13-5-4-6-28-13/h4-8H,9H2,1-3H3. The summed E-state index contributed by atoms with van der Waals surface area (Å²) in [7, 11) is 4.64. The second-order valence-corrected chi connectivity index (χ2v) is 7.44. The van der Waals surface area contributed by atoms with Crippen LogP contribution in [0.15, 0.2) is 43.8 Å². The van der Waals surface area contributed by atoms with Gasteiger partial charge in [-0.3, -0.25) is 0 Å². The van der Waals surface area contributed by atoms with Gasteiger partial charge in [0.15, 0.2) is 17.3 Å². The lowest BCUT2D eigenvalue weighted by atomic mass is 10.2. The summed E-state index contributed by atoms with van der Waals surface area (Å²) in [6, 6.07) is 7.35. The number of rotatable bonds is 8. The molecule has 150 valence electrons. The van der Waals surface area contributed by atoms with E-state index in [2.05, 4.69) is 20.3 Å². The molecule has 0 aliphatic rings. The first-order valence-electron chi connectivity index (χ1n) is 8.35. The summed E-state index contributed by atoms with van der Waals surface area (Å²) >= 11 is 2.86. The molecule has 0 aliphatic carbocycles. The molecule has 0 saturated heterocycles. The Morgan fingerprint density at radius 3 is 2.48 bits per heavy atom. The number of methoxy groups -OCH3 is 3. The van der Waals surface area contributed by atoms with Crippen molar-refractivity contribution in [1.29, 1.82) is 0 Å². The van der Waals surface area contributed by atoms with Crippen molar-refractivity contribution in [1.82, 2.24) is 20.3 Å². The predicted octanol–water partition coefficient (Wildman–Crippen LogP) is 4.17. The van der Waals surface area contributed by atoms with Gasteiger partial charge in [-0.1, -0.05) is 23.0 Å². The van der Waals surface area contributed by atoms with Gasteiger partial charge >= 0.3 is 0 Å². The average Bonchev–Trinajstić information content (AvgIpc) is 3.52. The van der Waals surface area contributed by atoms with Crippen molar-refractivity contribution in [2.75, 3.05) is 21.3 Å². The first-order chi connectivity index (χ1) is 14.2. The molecule has 0 fully saturated rings. The van der Waals surface area contributed by atoms with Crippen LogP contribution in [0.4, 0.5) is 0 Å². The lowest BCUT2D eigenvalue weighted by Crippen LogP contribution is -1.95. The minimum absolute atomic E-state index is 0.333. The summed E-state index contributed by atoms with van der Waals surface area (Å²) < 4.78 is 27.1. The molecule has 0 radical (unpaired) electrons. The highest BCUT2D eigenvalue weighted by Gasteiger charge is 2.18. The quantitative estimate of drug-likeness (QED) is 0.377. The number of aromatic nitrogens is 4. The summed E-state index contributed by atoms with van der Waals surface area (Å²) in [6.45, 7) is 0. The highest BCUT2D eigenvalue weighted by Crippen LogP contribution is 2.41. The zero-order valence-electron chi connectivity index (χ0n) is 15.7. The van der Waals surface area contributed by atoms with Gasteiger partial charge in [0.25, 0.3) is 11.1 Å². The van der Waals surface area contributed by atoms with Gasteiger partial charge in [-0.2, -0.15) is 4.98 Å². The highest BCUT2D eigenvalue weighted by molar-refractivity contribution is 7.98. The Labute approximate surface area is 174 Å². The predicted molar refractivity (Wildman–Crippen MR) is 107 cm³/mol. The Hall–Kier alpha value is -3.05. The van der Waals surface area contributed by atoms with Gasteiger partial charge in [-0.05, 0) is 23.6 Å². The molecule has 11 heteroatoms. The summed E-state index contributed by atoms with van der Waals surface area (Å²) in [5.41, 5.74) is 0.651. The zero-order valence-corrected chi connectivity index (χ0v) is 17.4. The largest absolute Gasteiger partial charge is 0.493 e. The van der Waals surface area contributed by atoms with E-state index >= 15 is 0 Å². The maximum absolute atomic E-state index is 5.75. The molecule has 0 bridgehead atoms. The molecule has 0 amide bonds. The van der Waals surface area contributed by atoms with Gasteiger partial charge in [-0.25, -0.2) is 0 Å². The van der Waals surface area contributed by atoms with Crippen molar-refractivity contribution in [3.05, 3.63) is 35.5 Å². The molecule has 3 heterocycles. The maximum Gasteiger partial charge on any atom is 0.277 e. The van der Waals surface area contributed by atoms with Crippen LogP contribution in [-0.4, -0.2) is 41.7 Å². The third-order valence-electron chi connectivity index (χ3n) is 3.84. The molecule has 29 heavy (non-hydrogen) atoms. The van der Waals surface area contributed by atoms with Crippen molar-refractivity contribution in [3.8, 4) is 39.5 Å². The second-order valence-electron chi connectivity index (χ2n) is 5.57. The fourth-order valence-corrected chi connectivity index (χ4v) is 3.78. The highest BCUT2D eigenvalue weighted by atomic mass is 32.2. The number of hydrogen-bond acceptors (Lipinski definition) is 11. The van der Waals surface area contributed by atoms with Crippen LogP contribution >= 0.6 is 23.1 Å². The van der Waals surface area contributed by atoms with Crippen LogP contribution in [-0.2, 0) is 5.75 Å². The van der Waals surface area contributed by atoms with E-state index in [4.69, 9.17) is 23.2 Å². The van der Waals surface area contributed by atoms with Crippen molar-refractivity contribution >= 4 is 23.1 Å². The minimum Gasteiger partial charge on any atom is -0.493 e. The number of hydrogen-bond donors (Lipinski definition) is 0. The topological polar surface area (TPSA) is 106 Å². The molecule has 1 aromatic carbocycles. The molecule has 4 aromatic rings. The first kappa shape index (κ1) is 19.3. The first-order valence-corrected chi connectivity index (χ1v) is 10.2. The lowest BCUT2D eigenvalue weighted by molar-refractivity contribution is 0.324. The van der Waals surface area contributed by atoms with Gasteiger partial charge in [0, 0.05) is 5.56 Å². The van der Waals surface area contributed by atoms with E-state index in [1.807, 2.05) is 17.5 Å². The van der Waals surface area contributed by atoms with Gasteiger partial charge < -0.3 is 23.2 Å². The van der Waals surface area contributed by atoms with Crippen LogP contribution in [0, 0.1) is 0 Å². The molecule has 0 N–H and O–H groups in total. The molecular weight excluding hydrogens is 416 g/mol. The number of thiophene rings is 1. The number of benzene rings is 1. The van der Waals surface area contributed by atoms with Crippen molar-refractivity contribution in [2.24, 2.45) is 0 Å². The summed E-state index contributed by atoms with van der Waals surface area (Å²) in [4.78, 5) is 5.30. The summed E-state index contributed by atoms with van der Waals surface area (Å²) in [5.74, 6) is 3.31. The Balaban J connectivity index is 1.49. The molecule has 0 unspecified atom stereocenters. The van der Waals surface area contributed by atoms with E-state index < -0.39 is 0 Å². The lowest BCUT2D eigenvalue weighted by Gasteiger charge is -2.12. The molecule has 0 saturated carbocycles. The van der Waals surface area contributed by atoms with Crippen LogP contribution in [0.25, 0.3) is 22.2 Å². The third-order valence-corrected chi connectivity index (χ3v) is 5.52. The number of ether oxygens (including phenoxy) is 3. The van der Waals surface area contributed by atoms with Crippen molar-refractivity contribution in [2.45, 2.75) is 11.0 Å². The van der Waals surface area contributed by atoms with E-state index in [0.717, 1.165) is 4.88 Å². The van der Waals surface area contributed by atoms with E-state index in [9.17, 15) is 0 Å². The smallest absolute Gasteiger partial charge is 0.277 e. The Kier molecular flexibility index (Phi) is 5.67. The van der Waals surface area contributed by atoms with Gasteiger partial charge in [0.2, 0.25) is 11.6 Å². The van der Waals surface area contributed by atoms with Crippen LogP contribution < -0.4 is 14.2 Å². The Morgan fingerprint density at radius 1 is 1.03 bits per heavy atom. The maximum atomic E-state index is 5.75. The Morgan fingerprint density at radius 2 is 1.83 bits per heavy atom. The van der Waals surface area contributed by atoms with Crippen LogP contribution in [0.3, 0.4) is 0 Å². The van der Waals surface area contributed by atoms with Gasteiger partial charge in [-0.15, -0.1) is 21.5 Å². The molecule has 4 rings (SSSR count). The fourth-order valence-electron chi connectivity index (χ4n) is 2.53. The molecule has 0 spiro atoms. The normalized spacial score (nSPS) is 10.9. The zero-order chi connectivity index (χ0) is 20.2. The minimum atomic E-state index is 0.333. The monoisotopic (exact) mass is 432 g/mol. The Bertz CT molecular complexity index is 1070.